The van der Waals surface area contributed by atoms with E-state index in [0.717, 1.165) is 10.8 Å². The van der Waals surface area contributed by atoms with Crippen LogP contribution in [0.2, 0.25) is 0 Å². The second kappa shape index (κ2) is 49.7. The predicted octanol–water partition coefficient (Wildman–Crippen LogP) is -1.98. The van der Waals surface area contributed by atoms with Crippen LogP contribution in [0, 0.1) is 5.41 Å². The van der Waals surface area contributed by atoms with Crippen molar-refractivity contribution in [2.75, 3.05) is 105 Å². The van der Waals surface area contributed by atoms with E-state index in [1.165, 1.54) is 29.9 Å². The molecule has 0 aliphatic carbocycles. The number of rotatable bonds is 46. The number of nitrogens with two attached hydrogens (primary N) is 3. The number of guanidine groups is 1. The van der Waals surface area contributed by atoms with E-state index in [1.54, 1.807) is 141 Å². The molecule has 0 spiro atoms. The van der Waals surface area contributed by atoms with Gasteiger partial charge >= 0.3 is 17.9 Å². The molecule has 4 aromatic heterocycles. The Morgan fingerprint density at radius 3 is 1.35 bits per heavy atom. The van der Waals surface area contributed by atoms with Crippen LogP contribution >= 0.6 is 0 Å². The molecule has 24 N–H and O–H groups in total. The van der Waals surface area contributed by atoms with Gasteiger partial charge in [0.15, 0.2) is 11.7 Å². The van der Waals surface area contributed by atoms with Gasteiger partial charge in [-0.3, -0.25) is 102 Å². The summed E-state index contributed by atoms with van der Waals surface area (Å²) in [6.45, 7) is -2.83. The lowest BCUT2D eigenvalue weighted by atomic mass is 9.98. The van der Waals surface area contributed by atoms with Gasteiger partial charge in [-0.1, -0.05) is 133 Å². The summed E-state index contributed by atoms with van der Waals surface area (Å²) in [4.78, 5) is 242. The first-order valence-electron chi connectivity index (χ1n) is 45.4. The van der Waals surface area contributed by atoms with Crippen LogP contribution in [-0.2, 0) is 106 Å². The number of H-pyrrole nitrogens is 4. The second-order valence-electron chi connectivity index (χ2n) is 34.3. The number of primary amides is 1. The SMILES string of the molecule is N=C(N)NCCC[C@@H](NC(=O)[C@H](Cc1cnc[nH]1)NC(=O)[C@H](CO)NC(=O)[C@H](Cc1c[nH]c2ccccc12)NC(=O)[C@H](Cc1cnc[nH]1)NC(=O)C(Cc1ccc2ccccc2c1)NC(=O)CN1CCN(CC(=O)O)CCN(CC(=O)O)CCN(CC(=O)O)CC1)C(=O)N[C@@H](Cc1c[nH]c2ccccc12)C(=O)N[C@@H](Cc1ccc(C(=O)c2ccccc2)cc1)C(=O)N1CCC[C@H]1C(=O)N(N)CC(N)=O. The maximum atomic E-state index is 15.6. The molecule has 0 saturated carbocycles. The minimum Gasteiger partial charge on any atom is -0.480 e. The van der Waals surface area contributed by atoms with Crippen LogP contribution in [0.4, 0.5) is 0 Å². The van der Waals surface area contributed by atoms with Crippen molar-refractivity contribution in [3.63, 3.8) is 0 Å². The van der Waals surface area contributed by atoms with Gasteiger partial charge in [0.1, 0.15) is 60.9 Å². The lowest BCUT2D eigenvalue weighted by Crippen LogP contribution is -2.62. The quantitative estimate of drug-likeness (QED) is 0.00374. The number of benzene rings is 6. The molecule has 9 atom stereocenters. The molecule has 0 radical (unpaired) electrons. The molecule has 10 aromatic rings. The highest BCUT2D eigenvalue weighted by Crippen LogP contribution is 2.26. The van der Waals surface area contributed by atoms with Crippen molar-refractivity contribution in [3.05, 3.63) is 228 Å². The molecule has 2 fully saturated rings. The van der Waals surface area contributed by atoms with E-state index in [-0.39, 0.29) is 135 Å². The van der Waals surface area contributed by atoms with Gasteiger partial charge in [-0.2, -0.15) is 0 Å². The number of carboxylic acid groups (broad SMARTS) is 3. The number of aliphatic carboxylic acids is 3. The van der Waals surface area contributed by atoms with Crippen LogP contribution in [0.25, 0.3) is 32.6 Å². The number of carbonyl (C=O) groups is 15. The number of imidazole rings is 2. The molecule has 44 nitrogen and oxygen atoms in total. The van der Waals surface area contributed by atoms with Crippen molar-refractivity contribution in [3.8, 4) is 0 Å². The Bertz CT molecular complexity index is 5970. The number of carboxylic acids is 3. The largest absolute Gasteiger partial charge is 0.480 e. The van der Waals surface area contributed by atoms with Gasteiger partial charge in [-0.05, 0) is 70.8 Å². The maximum absolute atomic E-state index is 15.6. The molecule has 6 aromatic carbocycles. The van der Waals surface area contributed by atoms with E-state index in [9.17, 15) is 54.0 Å². The molecular weight excluding hydrogens is 1800 g/mol. The van der Waals surface area contributed by atoms with Crippen molar-refractivity contribution in [1.82, 2.24) is 107 Å². The summed E-state index contributed by atoms with van der Waals surface area (Å²) in [5, 5.41) is 76.9. The van der Waals surface area contributed by atoms with Crippen LogP contribution in [0.1, 0.15) is 75.2 Å². The van der Waals surface area contributed by atoms with Crippen molar-refractivity contribution < 1.29 is 92.3 Å². The van der Waals surface area contributed by atoms with E-state index in [2.05, 4.69) is 77.8 Å². The van der Waals surface area contributed by atoms with E-state index in [4.69, 9.17) is 22.7 Å². The highest BCUT2D eigenvalue weighted by molar-refractivity contribution is 6.09. The number of para-hydroxylation sites is 2. The molecule has 734 valence electrons. The first kappa shape index (κ1) is 102. The Morgan fingerprint density at radius 1 is 0.446 bits per heavy atom. The van der Waals surface area contributed by atoms with Gasteiger partial charge in [-0.25, -0.2) is 15.8 Å². The van der Waals surface area contributed by atoms with E-state index < -0.39 is 182 Å². The highest BCUT2D eigenvalue weighted by atomic mass is 16.4. The predicted molar refractivity (Wildman–Crippen MR) is 506 cm³/mol. The number of amides is 11. The zero-order valence-electron chi connectivity index (χ0n) is 76.1. The number of carbonyl (C=O) groups excluding carboxylic acids is 12. The summed E-state index contributed by atoms with van der Waals surface area (Å²) in [7, 11) is 0. The summed E-state index contributed by atoms with van der Waals surface area (Å²) in [6.07, 6.45) is 7.04. The normalized spacial score (nSPS) is 15.8. The topological polar surface area (TPSA) is 656 Å². The minimum absolute atomic E-state index is 0.00829. The van der Waals surface area contributed by atoms with Crippen LogP contribution in [0.3, 0.4) is 0 Å². The third-order valence-corrected chi connectivity index (χ3v) is 24.1. The molecule has 1 unspecified atom stereocenters. The third kappa shape index (κ3) is 29.9. The monoisotopic (exact) mass is 1910 g/mol. The Labute approximate surface area is 796 Å². The molecule has 11 amide bonds. The molecule has 0 bridgehead atoms. The lowest BCUT2D eigenvalue weighted by molar-refractivity contribution is -0.146. The van der Waals surface area contributed by atoms with Crippen molar-refractivity contribution in [1.29, 1.82) is 5.41 Å². The zero-order valence-corrected chi connectivity index (χ0v) is 76.1. The van der Waals surface area contributed by atoms with E-state index in [0.29, 0.717) is 72.3 Å². The average Bonchev–Trinajstić information content (AvgIpc) is 1.76. The van der Waals surface area contributed by atoms with Crippen LogP contribution < -0.4 is 65.2 Å². The third-order valence-electron chi connectivity index (χ3n) is 24.1. The van der Waals surface area contributed by atoms with Gasteiger partial charge in [-0.15, -0.1) is 0 Å². The number of hydrazine groups is 1. The summed E-state index contributed by atoms with van der Waals surface area (Å²) >= 11 is 0. The Morgan fingerprint density at radius 2 is 0.863 bits per heavy atom. The molecule has 2 aliphatic rings. The average molecular weight is 1910 g/mol. The Kier molecular flexibility index (Phi) is 36.6. The second-order valence-corrected chi connectivity index (χ2v) is 34.3. The number of nitrogens with zero attached hydrogens (tertiary/aromatic N) is 8. The van der Waals surface area contributed by atoms with E-state index in [1.807, 2.05) is 36.4 Å². The van der Waals surface area contributed by atoms with Crippen LogP contribution in [0.15, 0.2) is 183 Å². The first-order valence-corrected chi connectivity index (χ1v) is 45.4. The molecule has 139 heavy (non-hydrogen) atoms. The van der Waals surface area contributed by atoms with Gasteiger partial charge in [0.25, 0.3) is 5.91 Å². The zero-order chi connectivity index (χ0) is 99.2. The van der Waals surface area contributed by atoms with Gasteiger partial charge in [0, 0.05) is 173 Å². The van der Waals surface area contributed by atoms with Crippen LogP contribution in [0.5, 0.6) is 0 Å². The fourth-order valence-electron chi connectivity index (χ4n) is 17.0. The molecule has 6 heterocycles. The number of aliphatic hydroxyl groups is 1. The summed E-state index contributed by atoms with van der Waals surface area (Å²) in [6, 6.07) is 27.4. The van der Waals surface area contributed by atoms with Gasteiger partial charge < -0.3 is 105 Å². The van der Waals surface area contributed by atoms with E-state index >= 15 is 38.4 Å². The Balaban J connectivity index is 0.802. The molecule has 44 heteroatoms. The number of aromatic amines is 4. The maximum Gasteiger partial charge on any atom is 0.317 e. The number of nitrogens with one attached hydrogen (secondary N) is 14. The standard InChI is InChI=1S/C95H115N25O19/c96-80(122)49-120(99)94(139)79-21-11-29-119(79)93(138)77(39-57-22-26-61(27-23-57)85(130)60-13-2-1-3-14-60)113-88(133)73(41-63-45-103-69-18-8-6-16-67(63)69)109-86(131)71(20-10-28-102-95(97)98)108-90(135)75(43-65-47-100-55-105-65)112-92(137)78(54-121)114-89(134)74(42-64-46-104-70-19-9-7-17-68(64)70)110-91(136)76(44-66-48-101-56-106-66)111-87(132)72(40-58-24-25-59-12-4-5-15-62(59)38-58)107-81(123)50-115-30-32-116(51-82(124)125)34-36-118(53-84(128)129)37-35-117(33-31-115)52-83(126)127/h1-9,12-19,22-27,38,45-48,55-56,71-79,103-104,121H,10-11,20-21,28-37,39-44,49-54,99H2,(H2,96,122)(H,100,105)(H,101,106)(H,107,123)(H,108,135)(H,109,131)(H,110,136)(H,111,132)(H,112,137)(H,113,133)(H,114,134)(H,124,125)(H,126,127)(H,128,129)(H4,97,98,102)/t71-,72?,73+,74+,75+,76+,77+,78+,79+/m1/s1. The van der Waals surface area contributed by atoms with Crippen LogP contribution in [-0.4, -0.2) is 334 Å². The van der Waals surface area contributed by atoms with Crippen molar-refractivity contribution >= 4 is 127 Å². The number of hydrogen-bond donors (Lipinski definition) is 21. The number of hydrogen-bond acceptors (Lipinski definition) is 24. The lowest BCUT2D eigenvalue weighted by Gasteiger charge is -2.33. The number of ketones is 1. The molecule has 2 saturated heterocycles. The Hall–Kier alpha value is -15.6. The molecule has 2 aliphatic heterocycles. The summed E-state index contributed by atoms with van der Waals surface area (Å²) in [5.74, 6) is -8.42. The van der Waals surface area contributed by atoms with Crippen molar-refractivity contribution in [2.45, 2.75) is 119 Å². The summed E-state index contributed by atoms with van der Waals surface area (Å²) in [5.41, 5.74) is 15.6. The number of aromatic nitrogens is 6. The van der Waals surface area contributed by atoms with Gasteiger partial charge in [0.05, 0.1) is 45.4 Å². The smallest absolute Gasteiger partial charge is 0.317 e. The fraction of sp³-hybridized carbons (Fsp3) is 0.368. The number of likely N-dealkylation sites (tertiary alicyclic amines) is 1. The number of aliphatic hydroxyl groups excluding tert-OH is 1. The first-order chi connectivity index (χ1) is 66.9. The summed E-state index contributed by atoms with van der Waals surface area (Å²) < 4.78 is 0. The fourth-order valence-corrected chi connectivity index (χ4v) is 17.0. The molecular formula is C95H115N25O19. The van der Waals surface area contributed by atoms with Crippen molar-refractivity contribution in [2.24, 2.45) is 17.3 Å². The minimum atomic E-state index is -1.94. The van der Waals surface area contributed by atoms with Gasteiger partial charge in [0.2, 0.25) is 59.1 Å². The number of fused-ring (bicyclic) bond motifs is 3. The highest BCUT2D eigenvalue weighted by Gasteiger charge is 2.42. The molecule has 12 rings (SSSR count).